The van der Waals surface area contributed by atoms with E-state index in [0.717, 1.165) is 16.5 Å². The topological polar surface area (TPSA) is 67.4 Å². The summed E-state index contributed by atoms with van der Waals surface area (Å²) in [5.74, 6) is 0.0812. The van der Waals surface area contributed by atoms with E-state index in [0.29, 0.717) is 17.0 Å². The maximum Gasteiger partial charge on any atom is 0.262 e. The first-order valence-corrected chi connectivity index (χ1v) is 9.28. The van der Waals surface area contributed by atoms with Gasteiger partial charge in [0.1, 0.15) is 5.75 Å². The maximum absolute atomic E-state index is 12.4. The molecule has 26 heavy (non-hydrogen) atoms. The van der Waals surface area contributed by atoms with E-state index < -0.39 is 0 Å². The number of carbonyl (C=O) groups is 2. The summed E-state index contributed by atoms with van der Waals surface area (Å²) in [5, 5.41) is 5.65. The predicted octanol–water partition coefficient (Wildman–Crippen LogP) is 4.30. The van der Waals surface area contributed by atoms with Crippen LogP contribution >= 0.6 is 15.9 Å². The van der Waals surface area contributed by atoms with Crippen LogP contribution in [0, 0.1) is 6.92 Å². The van der Waals surface area contributed by atoms with Crippen molar-refractivity contribution in [3.63, 3.8) is 0 Å². The van der Waals surface area contributed by atoms with E-state index in [4.69, 9.17) is 4.74 Å². The summed E-state index contributed by atoms with van der Waals surface area (Å²) in [5.41, 5.74) is 1.92. The number of para-hydroxylation sites is 1. The summed E-state index contributed by atoms with van der Waals surface area (Å²) in [7, 11) is 0. The molecule has 5 nitrogen and oxygen atoms in total. The van der Waals surface area contributed by atoms with Gasteiger partial charge in [0.2, 0.25) is 0 Å². The summed E-state index contributed by atoms with van der Waals surface area (Å²) in [6.45, 7) is 5.75. The van der Waals surface area contributed by atoms with Gasteiger partial charge >= 0.3 is 0 Å². The molecule has 1 atom stereocenters. The lowest BCUT2D eigenvalue weighted by atomic mass is 10.1. The van der Waals surface area contributed by atoms with Gasteiger partial charge in [0.25, 0.3) is 11.8 Å². The molecule has 6 heteroatoms. The molecule has 2 rings (SSSR count). The minimum absolute atomic E-state index is 0.0650. The number of benzene rings is 2. The van der Waals surface area contributed by atoms with Crippen LogP contribution in [0.1, 0.15) is 36.2 Å². The standard InChI is InChI=1S/C20H23BrN2O3/c1-4-14(3)22-20(25)16-7-5-6-8-18(16)23-19(24)12-26-15-9-10-17(21)13(2)11-15/h5-11,14H,4,12H2,1-3H3,(H,22,25)(H,23,24)/t14-/m1/s1. The van der Waals surface area contributed by atoms with Gasteiger partial charge in [-0.15, -0.1) is 0 Å². The largest absolute Gasteiger partial charge is 0.484 e. The van der Waals surface area contributed by atoms with Crippen molar-refractivity contribution in [1.82, 2.24) is 5.32 Å². The van der Waals surface area contributed by atoms with Crippen molar-refractivity contribution in [2.45, 2.75) is 33.2 Å². The summed E-state index contributed by atoms with van der Waals surface area (Å²) in [6, 6.07) is 12.5. The van der Waals surface area contributed by atoms with E-state index in [1.807, 2.05) is 32.9 Å². The molecule has 138 valence electrons. The van der Waals surface area contributed by atoms with Gasteiger partial charge in [-0.25, -0.2) is 0 Å². The highest BCUT2D eigenvalue weighted by molar-refractivity contribution is 9.10. The fourth-order valence-electron chi connectivity index (χ4n) is 2.24. The smallest absolute Gasteiger partial charge is 0.262 e. The molecule has 0 saturated heterocycles. The molecule has 2 aromatic carbocycles. The number of hydrogen-bond acceptors (Lipinski definition) is 3. The molecule has 0 bridgehead atoms. The lowest BCUT2D eigenvalue weighted by Gasteiger charge is -2.15. The minimum Gasteiger partial charge on any atom is -0.484 e. The van der Waals surface area contributed by atoms with E-state index in [1.165, 1.54) is 0 Å². The zero-order valence-corrected chi connectivity index (χ0v) is 16.7. The number of hydrogen-bond donors (Lipinski definition) is 2. The van der Waals surface area contributed by atoms with Gasteiger partial charge in [0.05, 0.1) is 11.3 Å². The van der Waals surface area contributed by atoms with Crippen molar-refractivity contribution in [2.75, 3.05) is 11.9 Å². The van der Waals surface area contributed by atoms with Crippen LogP contribution < -0.4 is 15.4 Å². The number of aryl methyl sites for hydroxylation is 1. The number of nitrogens with one attached hydrogen (secondary N) is 2. The SMILES string of the molecule is CC[C@@H](C)NC(=O)c1ccccc1NC(=O)COc1ccc(Br)c(C)c1. The van der Waals surface area contributed by atoms with Gasteiger partial charge in [-0.05, 0) is 56.2 Å². The first kappa shape index (κ1) is 20.0. The molecule has 0 aromatic heterocycles. The lowest BCUT2D eigenvalue weighted by molar-refractivity contribution is -0.118. The van der Waals surface area contributed by atoms with Gasteiger partial charge in [-0.3, -0.25) is 9.59 Å². The Labute approximate surface area is 162 Å². The van der Waals surface area contributed by atoms with Crippen molar-refractivity contribution in [3.05, 3.63) is 58.1 Å². The zero-order valence-electron chi connectivity index (χ0n) is 15.1. The van der Waals surface area contributed by atoms with Crippen molar-refractivity contribution in [1.29, 1.82) is 0 Å². The fourth-order valence-corrected chi connectivity index (χ4v) is 2.48. The molecule has 0 aliphatic carbocycles. The summed E-state index contributed by atoms with van der Waals surface area (Å²) in [6.07, 6.45) is 0.834. The number of carbonyl (C=O) groups excluding carboxylic acids is 2. The Kier molecular flexibility index (Phi) is 7.21. The molecule has 0 radical (unpaired) electrons. The van der Waals surface area contributed by atoms with Crippen LogP contribution in [0.15, 0.2) is 46.9 Å². The number of rotatable bonds is 7. The first-order chi connectivity index (χ1) is 12.4. The monoisotopic (exact) mass is 418 g/mol. The van der Waals surface area contributed by atoms with E-state index >= 15 is 0 Å². The molecule has 0 fully saturated rings. The summed E-state index contributed by atoms with van der Waals surface area (Å²) >= 11 is 3.42. The molecule has 0 aliphatic rings. The lowest BCUT2D eigenvalue weighted by Crippen LogP contribution is -2.33. The van der Waals surface area contributed by atoms with E-state index in [9.17, 15) is 9.59 Å². The predicted molar refractivity (Wildman–Crippen MR) is 107 cm³/mol. The second kappa shape index (κ2) is 9.38. The Balaban J connectivity index is 2.00. The highest BCUT2D eigenvalue weighted by Crippen LogP contribution is 2.21. The third-order valence-corrected chi connectivity index (χ3v) is 4.82. The van der Waals surface area contributed by atoms with Crippen LogP contribution in [-0.2, 0) is 4.79 Å². The Morgan fingerprint density at radius 2 is 1.92 bits per heavy atom. The summed E-state index contributed by atoms with van der Waals surface area (Å²) in [4.78, 5) is 24.6. The Hall–Kier alpha value is -2.34. The molecule has 0 spiro atoms. The zero-order chi connectivity index (χ0) is 19.1. The highest BCUT2D eigenvalue weighted by Gasteiger charge is 2.14. The second-order valence-electron chi connectivity index (χ2n) is 6.08. The molecule has 0 unspecified atom stereocenters. The average Bonchev–Trinajstić information content (AvgIpc) is 2.63. The maximum atomic E-state index is 12.4. The molecule has 2 N–H and O–H groups in total. The van der Waals surface area contributed by atoms with Crippen LogP contribution in [-0.4, -0.2) is 24.5 Å². The van der Waals surface area contributed by atoms with E-state index in [-0.39, 0.29) is 24.5 Å². The quantitative estimate of drug-likeness (QED) is 0.703. The molecule has 2 amide bonds. The molecule has 0 saturated carbocycles. The van der Waals surface area contributed by atoms with Crippen LogP contribution in [0.2, 0.25) is 0 Å². The Morgan fingerprint density at radius 3 is 2.62 bits per heavy atom. The number of amides is 2. The van der Waals surface area contributed by atoms with Crippen molar-refractivity contribution < 1.29 is 14.3 Å². The number of ether oxygens (including phenoxy) is 1. The van der Waals surface area contributed by atoms with Gasteiger partial charge in [-0.2, -0.15) is 0 Å². The molecular weight excluding hydrogens is 396 g/mol. The Morgan fingerprint density at radius 1 is 1.19 bits per heavy atom. The number of halogens is 1. The highest BCUT2D eigenvalue weighted by atomic mass is 79.9. The van der Waals surface area contributed by atoms with Crippen molar-refractivity contribution in [3.8, 4) is 5.75 Å². The summed E-state index contributed by atoms with van der Waals surface area (Å²) < 4.78 is 6.51. The minimum atomic E-state index is -0.325. The van der Waals surface area contributed by atoms with E-state index in [1.54, 1.807) is 30.3 Å². The van der Waals surface area contributed by atoms with Gasteiger partial charge in [0.15, 0.2) is 6.61 Å². The normalized spacial score (nSPS) is 11.5. The van der Waals surface area contributed by atoms with Gasteiger partial charge in [0, 0.05) is 10.5 Å². The van der Waals surface area contributed by atoms with E-state index in [2.05, 4.69) is 26.6 Å². The third kappa shape index (κ3) is 5.59. The fraction of sp³-hybridized carbons (Fsp3) is 0.300. The number of anilines is 1. The first-order valence-electron chi connectivity index (χ1n) is 8.49. The third-order valence-electron chi connectivity index (χ3n) is 3.93. The molecule has 0 heterocycles. The Bertz CT molecular complexity index is 792. The van der Waals surface area contributed by atoms with Crippen molar-refractivity contribution >= 4 is 33.4 Å². The molecule has 2 aromatic rings. The van der Waals surface area contributed by atoms with Crippen LogP contribution in [0.5, 0.6) is 5.75 Å². The molecular formula is C20H23BrN2O3. The van der Waals surface area contributed by atoms with Crippen molar-refractivity contribution in [2.24, 2.45) is 0 Å². The van der Waals surface area contributed by atoms with Crippen LogP contribution in [0.3, 0.4) is 0 Å². The van der Waals surface area contributed by atoms with Gasteiger partial charge in [-0.1, -0.05) is 35.0 Å². The van der Waals surface area contributed by atoms with Crippen LogP contribution in [0.4, 0.5) is 5.69 Å². The van der Waals surface area contributed by atoms with Crippen LogP contribution in [0.25, 0.3) is 0 Å². The molecule has 0 aliphatic heterocycles. The average molecular weight is 419 g/mol. The second-order valence-corrected chi connectivity index (χ2v) is 6.93. The van der Waals surface area contributed by atoms with Gasteiger partial charge < -0.3 is 15.4 Å².